The molecule has 0 bridgehead atoms. The lowest BCUT2D eigenvalue weighted by atomic mass is 9.66. The molecule has 8 rings (SSSR count). The van der Waals surface area contributed by atoms with E-state index in [0.717, 1.165) is 38.5 Å². The van der Waals surface area contributed by atoms with Gasteiger partial charge in [-0.25, -0.2) is 18.6 Å². The molecule has 0 aliphatic heterocycles. The second-order valence-electron chi connectivity index (χ2n) is 13.7. The first-order valence-corrected chi connectivity index (χ1v) is 17.8. The maximum absolute atomic E-state index is 14.2. The minimum atomic E-state index is -0.701. The molecule has 17 nitrogen and oxygen atoms in total. The molecule has 1 amide bonds. The van der Waals surface area contributed by atoms with Crippen molar-refractivity contribution in [1.82, 2.24) is 55.1 Å². The van der Waals surface area contributed by atoms with Gasteiger partial charge in [0.1, 0.15) is 34.7 Å². The number of nitrogens with zero attached hydrogens (tertiary/aromatic N) is 10. The summed E-state index contributed by atoms with van der Waals surface area (Å²) in [5, 5.41) is 30.5. The van der Waals surface area contributed by atoms with Gasteiger partial charge in [-0.15, -0.1) is 30.6 Å². The number of anilines is 2. The number of hydrogen-bond donors (Lipinski definition) is 4. The number of aromatic nitrogens is 11. The number of halogens is 2. The van der Waals surface area contributed by atoms with Crippen LogP contribution in [0.3, 0.4) is 0 Å². The zero-order valence-electron chi connectivity index (χ0n) is 30.5. The van der Waals surface area contributed by atoms with Crippen molar-refractivity contribution >= 4 is 23.5 Å². The summed E-state index contributed by atoms with van der Waals surface area (Å²) in [4.78, 5) is 38.2. The molecule has 6 heterocycles. The van der Waals surface area contributed by atoms with Crippen molar-refractivity contribution in [1.29, 1.82) is 0 Å². The van der Waals surface area contributed by atoms with Crippen LogP contribution in [0.25, 0.3) is 23.0 Å². The van der Waals surface area contributed by atoms with Crippen LogP contribution in [0.4, 0.5) is 20.4 Å². The second kappa shape index (κ2) is 15.9. The van der Waals surface area contributed by atoms with Crippen LogP contribution in [0.2, 0.25) is 0 Å². The van der Waals surface area contributed by atoms with E-state index in [1.807, 2.05) is 0 Å². The summed E-state index contributed by atoms with van der Waals surface area (Å²) in [6.07, 6.45) is 10.4. The molecule has 6 aromatic heterocycles. The highest BCUT2D eigenvalue weighted by Gasteiger charge is 2.43. The van der Waals surface area contributed by atoms with Crippen molar-refractivity contribution in [3.63, 3.8) is 0 Å². The van der Waals surface area contributed by atoms with Gasteiger partial charge in [-0.3, -0.25) is 14.8 Å². The van der Waals surface area contributed by atoms with E-state index in [2.05, 4.69) is 61.2 Å². The smallest absolute Gasteiger partial charge is 0.358 e. The molecular weight excluding hydrogens is 726 g/mol. The van der Waals surface area contributed by atoms with E-state index >= 15 is 0 Å². The highest BCUT2D eigenvalue weighted by atomic mass is 19.1. The molecule has 2 aliphatic rings. The van der Waals surface area contributed by atoms with Crippen LogP contribution in [0, 0.1) is 11.6 Å². The van der Waals surface area contributed by atoms with Crippen LogP contribution in [-0.4, -0.2) is 87.2 Å². The predicted molar refractivity (Wildman–Crippen MR) is 198 cm³/mol. The van der Waals surface area contributed by atoms with E-state index in [1.165, 1.54) is 19.2 Å². The Bertz CT molecular complexity index is 2320. The normalized spacial score (nSPS) is 15.0. The van der Waals surface area contributed by atoms with Gasteiger partial charge in [0.2, 0.25) is 5.82 Å². The Morgan fingerprint density at radius 2 is 1.36 bits per heavy atom. The zero-order chi connectivity index (χ0) is 39.3. The molecule has 6 aromatic rings. The number of carbonyl (C=O) groups excluding carboxylic acids is 2. The molecule has 0 atom stereocenters. The van der Waals surface area contributed by atoms with Crippen molar-refractivity contribution in [2.24, 2.45) is 12.8 Å². The number of nitrogens with two attached hydrogens (primary N) is 1. The molecule has 0 radical (unpaired) electrons. The maximum atomic E-state index is 14.2. The Morgan fingerprint density at radius 3 is 1.79 bits per heavy atom. The first kappa shape index (κ1) is 37.5. The fourth-order valence-corrected chi connectivity index (χ4v) is 6.77. The monoisotopic (exact) mass is 764 g/mol. The lowest BCUT2D eigenvalue weighted by molar-refractivity contribution is 0.0594. The van der Waals surface area contributed by atoms with Crippen LogP contribution in [-0.2, 0) is 22.6 Å². The highest BCUT2D eigenvalue weighted by Crippen LogP contribution is 2.44. The van der Waals surface area contributed by atoms with Crippen LogP contribution in [0.15, 0.2) is 67.1 Å². The van der Waals surface area contributed by atoms with Crippen LogP contribution >= 0.6 is 0 Å². The SMILES string of the molecule is COC(=O)c1cn(C)c(-c2ccc(NCC3(c4ncccc4F)CCC3)nn2)n1.NC(=O)c1nnc(-c2ccc(NCC3(c4ncccc4F)CCC3)nn2)[nH]1. The van der Waals surface area contributed by atoms with Crippen molar-refractivity contribution in [2.45, 2.75) is 49.4 Å². The molecule has 0 spiro atoms. The van der Waals surface area contributed by atoms with E-state index in [9.17, 15) is 18.4 Å². The molecule has 0 saturated heterocycles. The lowest BCUT2D eigenvalue weighted by Gasteiger charge is -2.41. The van der Waals surface area contributed by atoms with E-state index in [4.69, 9.17) is 10.5 Å². The number of hydrogen-bond acceptors (Lipinski definition) is 14. The van der Waals surface area contributed by atoms with Crippen molar-refractivity contribution < 1.29 is 23.1 Å². The number of esters is 1. The van der Waals surface area contributed by atoms with Gasteiger partial charge in [0.15, 0.2) is 17.3 Å². The summed E-state index contributed by atoms with van der Waals surface area (Å²) in [6, 6.07) is 13.1. The number of nitrogens with one attached hydrogen (secondary N) is 3. The van der Waals surface area contributed by atoms with Crippen molar-refractivity contribution in [2.75, 3.05) is 30.8 Å². The molecule has 56 heavy (non-hydrogen) atoms. The number of aromatic amines is 1. The van der Waals surface area contributed by atoms with Crippen LogP contribution in [0.1, 0.15) is 71.0 Å². The number of pyridine rings is 2. The van der Waals surface area contributed by atoms with Gasteiger partial charge in [-0.1, -0.05) is 12.8 Å². The van der Waals surface area contributed by atoms with E-state index in [0.29, 0.717) is 59.1 Å². The Labute approximate surface area is 319 Å². The Hall–Kier alpha value is -6.79. The summed E-state index contributed by atoms with van der Waals surface area (Å²) in [7, 11) is 3.08. The summed E-state index contributed by atoms with van der Waals surface area (Å²) in [5.41, 5.74) is 6.65. The van der Waals surface area contributed by atoms with Crippen molar-refractivity contribution in [3.05, 3.63) is 102 Å². The third kappa shape index (κ3) is 7.73. The number of ether oxygens (including phenoxy) is 1. The molecule has 2 fully saturated rings. The minimum Gasteiger partial charge on any atom is -0.464 e. The zero-order valence-corrected chi connectivity index (χ0v) is 30.5. The number of methoxy groups -OCH3 is 1. The molecular formula is C37H38F2N14O3. The maximum Gasteiger partial charge on any atom is 0.358 e. The fraction of sp³-hybridized carbons (Fsp3) is 0.324. The van der Waals surface area contributed by atoms with Gasteiger partial charge in [-0.05, 0) is 74.2 Å². The van der Waals surface area contributed by atoms with E-state index < -0.39 is 11.9 Å². The molecule has 288 valence electrons. The number of aryl methyl sites for hydroxylation is 1. The van der Waals surface area contributed by atoms with Gasteiger partial charge in [0, 0.05) is 49.6 Å². The number of imidazole rings is 1. The summed E-state index contributed by atoms with van der Waals surface area (Å²) >= 11 is 0. The Morgan fingerprint density at radius 1 is 0.804 bits per heavy atom. The number of amides is 1. The van der Waals surface area contributed by atoms with Gasteiger partial charge in [0.05, 0.1) is 18.5 Å². The number of H-pyrrole nitrogens is 1. The number of primary amides is 1. The van der Waals surface area contributed by atoms with E-state index in [-0.39, 0.29) is 34.0 Å². The molecule has 2 saturated carbocycles. The van der Waals surface area contributed by atoms with Crippen LogP contribution in [0.5, 0.6) is 0 Å². The summed E-state index contributed by atoms with van der Waals surface area (Å²) < 4.78 is 34.8. The Kier molecular flexibility index (Phi) is 10.7. The average Bonchev–Trinajstić information content (AvgIpc) is 3.84. The Balaban J connectivity index is 0.000000172. The average molecular weight is 765 g/mol. The second-order valence-corrected chi connectivity index (χ2v) is 13.7. The third-order valence-electron chi connectivity index (χ3n) is 10.2. The molecule has 0 unspecified atom stereocenters. The van der Waals surface area contributed by atoms with Gasteiger partial charge >= 0.3 is 5.97 Å². The van der Waals surface area contributed by atoms with E-state index in [1.54, 1.807) is 66.6 Å². The number of carbonyl (C=O) groups is 2. The molecule has 2 aliphatic carbocycles. The van der Waals surface area contributed by atoms with Gasteiger partial charge in [0.25, 0.3) is 5.91 Å². The largest absolute Gasteiger partial charge is 0.464 e. The highest BCUT2D eigenvalue weighted by molar-refractivity contribution is 5.89. The van der Waals surface area contributed by atoms with Crippen LogP contribution < -0.4 is 16.4 Å². The first-order valence-electron chi connectivity index (χ1n) is 17.8. The standard InChI is InChI=1S/C20H21FN6O2.C17H17FN8O/c1-27-11-15(19(28)29-2)24-18(27)14-6-7-16(26-25-14)23-12-20(8-4-9-20)17-13(21)5-3-10-22-17;18-10-3-1-8-20-13(10)17(6-2-7-17)9-21-12-5-4-11(23-24-12)15-22-16(14(19)27)26-25-15/h3,5-7,10-11H,4,8-9,12H2,1-2H3,(H,23,26);1,3-5,8H,2,6-7,9H2,(H2,19,27)(H,21,24)(H,22,25,26). The fourth-order valence-electron chi connectivity index (χ4n) is 6.77. The quantitative estimate of drug-likeness (QED) is 0.128. The number of rotatable bonds is 12. The topological polar surface area (TPSA) is 230 Å². The van der Waals surface area contributed by atoms with Gasteiger partial charge in [-0.2, -0.15) is 0 Å². The van der Waals surface area contributed by atoms with Crippen molar-refractivity contribution in [3.8, 4) is 23.0 Å². The summed E-state index contributed by atoms with van der Waals surface area (Å²) in [5.74, 6) is 0.137. The predicted octanol–water partition coefficient (Wildman–Crippen LogP) is 4.16. The third-order valence-corrected chi connectivity index (χ3v) is 10.2. The van der Waals surface area contributed by atoms with Gasteiger partial charge < -0.3 is 30.7 Å². The minimum absolute atomic E-state index is 0.0432. The molecule has 19 heteroatoms. The molecule has 5 N–H and O–H groups in total. The lowest BCUT2D eigenvalue weighted by Crippen LogP contribution is -2.42. The first-order chi connectivity index (χ1) is 27.1. The summed E-state index contributed by atoms with van der Waals surface area (Å²) in [6.45, 7) is 1.05. The molecule has 0 aromatic carbocycles.